The fourth-order valence-electron chi connectivity index (χ4n) is 2.03. The van der Waals surface area contributed by atoms with Crippen molar-refractivity contribution in [2.45, 2.75) is 38.1 Å². The lowest BCUT2D eigenvalue weighted by Gasteiger charge is -2.12. The number of hydrogen-bond acceptors (Lipinski definition) is 4. The molecule has 6 nitrogen and oxygen atoms in total. The zero-order valence-corrected chi connectivity index (χ0v) is 12.3. The lowest BCUT2D eigenvalue weighted by atomic mass is 10.1. The van der Waals surface area contributed by atoms with E-state index in [1.807, 2.05) is 30.3 Å². The van der Waals surface area contributed by atoms with Gasteiger partial charge in [0.1, 0.15) is 11.8 Å². The molecule has 0 bridgehead atoms. The molecule has 0 aliphatic carbocycles. The molecular formula is C16H21NO5. The number of aliphatic hydroxyl groups excluding tert-OH is 1. The predicted molar refractivity (Wildman–Crippen MR) is 80.3 cm³/mol. The Hall–Kier alpha value is -2.21. The summed E-state index contributed by atoms with van der Waals surface area (Å²) in [4.78, 5) is 34.1. The summed E-state index contributed by atoms with van der Waals surface area (Å²) in [5.41, 5.74) is 1.13. The molecule has 6 heteroatoms. The number of carboxylic acids is 1. The highest BCUT2D eigenvalue weighted by Gasteiger charge is 2.20. The van der Waals surface area contributed by atoms with E-state index in [1.165, 1.54) is 0 Å². The summed E-state index contributed by atoms with van der Waals surface area (Å²) < 4.78 is 0. The van der Waals surface area contributed by atoms with Crippen LogP contribution in [0.25, 0.3) is 0 Å². The number of carboxylic acid groups (broad SMARTS) is 1. The van der Waals surface area contributed by atoms with Crippen LogP contribution in [0.3, 0.4) is 0 Å². The summed E-state index contributed by atoms with van der Waals surface area (Å²) in [6, 6.07) is 8.57. The number of hydrogen-bond donors (Lipinski definition) is 3. The molecule has 1 aromatic rings. The van der Waals surface area contributed by atoms with Crippen LogP contribution in [0.2, 0.25) is 0 Å². The molecule has 0 fully saturated rings. The Balaban J connectivity index is 2.28. The molecule has 1 aromatic carbocycles. The molecule has 1 amide bonds. The molecule has 22 heavy (non-hydrogen) atoms. The minimum absolute atomic E-state index is 0.0801. The third-order valence-electron chi connectivity index (χ3n) is 3.17. The minimum atomic E-state index is -1.22. The van der Waals surface area contributed by atoms with Crippen LogP contribution >= 0.6 is 0 Å². The maximum atomic E-state index is 11.7. The SMILES string of the molecule is O=C(CCCc1ccccc1)CC(=O)N[C@@H](CCO)C(=O)O. The third kappa shape index (κ3) is 6.99. The van der Waals surface area contributed by atoms with Crippen LogP contribution in [0.1, 0.15) is 31.2 Å². The van der Waals surface area contributed by atoms with Gasteiger partial charge in [-0.3, -0.25) is 9.59 Å². The van der Waals surface area contributed by atoms with Crippen LogP contribution in [0.4, 0.5) is 0 Å². The van der Waals surface area contributed by atoms with Gasteiger partial charge in [0, 0.05) is 19.4 Å². The molecule has 0 spiro atoms. The fourth-order valence-corrected chi connectivity index (χ4v) is 2.03. The quantitative estimate of drug-likeness (QED) is 0.558. The summed E-state index contributed by atoms with van der Waals surface area (Å²) in [7, 11) is 0. The molecule has 0 radical (unpaired) electrons. The Labute approximate surface area is 129 Å². The van der Waals surface area contributed by atoms with Gasteiger partial charge in [0.15, 0.2) is 0 Å². The van der Waals surface area contributed by atoms with Gasteiger partial charge in [0.25, 0.3) is 0 Å². The number of carbonyl (C=O) groups is 3. The van der Waals surface area contributed by atoms with Gasteiger partial charge in [-0.1, -0.05) is 30.3 Å². The Bertz CT molecular complexity index is 501. The molecule has 0 saturated heterocycles. The van der Waals surface area contributed by atoms with E-state index in [-0.39, 0.29) is 31.7 Å². The molecule has 0 heterocycles. The second-order valence-electron chi connectivity index (χ2n) is 5.03. The van der Waals surface area contributed by atoms with Crippen LogP contribution in [-0.2, 0) is 20.8 Å². The Morgan fingerprint density at radius 3 is 2.41 bits per heavy atom. The van der Waals surface area contributed by atoms with Crippen LogP contribution in [-0.4, -0.2) is 40.5 Å². The van der Waals surface area contributed by atoms with Crippen molar-refractivity contribution in [2.75, 3.05) is 6.61 Å². The summed E-state index contributed by atoms with van der Waals surface area (Å²) in [5.74, 6) is -2.06. The first-order valence-corrected chi connectivity index (χ1v) is 7.21. The average Bonchev–Trinajstić information content (AvgIpc) is 2.47. The van der Waals surface area contributed by atoms with Crippen molar-refractivity contribution in [3.05, 3.63) is 35.9 Å². The summed E-state index contributed by atoms with van der Waals surface area (Å²) >= 11 is 0. The number of aliphatic hydroxyl groups is 1. The second-order valence-corrected chi connectivity index (χ2v) is 5.03. The van der Waals surface area contributed by atoms with Gasteiger partial charge in [-0.2, -0.15) is 0 Å². The summed E-state index contributed by atoms with van der Waals surface area (Å²) in [6.45, 7) is -0.345. The molecule has 1 atom stereocenters. The number of benzene rings is 1. The number of nitrogens with one attached hydrogen (secondary N) is 1. The van der Waals surface area contributed by atoms with Crippen molar-refractivity contribution in [3.63, 3.8) is 0 Å². The number of aryl methyl sites for hydroxylation is 1. The molecule has 3 N–H and O–H groups in total. The Kier molecular flexibility index (Phi) is 7.85. The summed E-state index contributed by atoms with van der Waals surface area (Å²) in [5, 5.41) is 19.8. The maximum Gasteiger partial charge on any atom is 0.326 e. The van der Waals surface area contributed by atoms with Crippen molar-refractivity contribution < 1.29 is 24.6 Å². The molecule has 0 aliphatic heterocycles. The molecular weight excluding hydrogens is 286 g/mol. The lowest BCUT2D eigenvalue weighted by molar-refractivity contribution is -0.143. The number of carbonyl (C=O) groups excluding carboxylic acids is 2. The molecule has 120 valence electrons. The van der Waals surface area contributed by atoms with Crippen LogP contribution in [0.15, 0.2) is 30.3 Å². The third-order valence-corrected chi connectivity index (χ3v) is 3.17. The first-order chi connectivity index (χ1) is 10.5. The monoisotopic (exact) mass is 307 g/mol. The molecule has 0 aromatic heterocycles. The van der Waals surface area contributed by atoms with Crippen molar-refractivity contribution in [1.82, 2.24) is 5.32 Å². The largest absolute Gasteiger partial charge is 0.480 e. The topological polar surface area (TPSA) is 104 Å². The van der Waals surface area contributed by atoms with Crippen LogP contribution in [0.5, 0.6) is 0 Å². The highest BCUT2D eigenvalue weighted by atomic mass is 16.4. The van der Waals surface area contributed by atoms with Gasteiger partial charge in [0.2, 0.25) is 5.91 Å². The van der Waals surface area contributed by atoms with E-state index in [0.29, 0.717) is 6.42 Å². The zero-order chi connectivity index (χ0) is 16.4. The van der Waals surface area contributed by atoms with Crippen molar-refractivity contribution >= 4 is 17.7 Å². The smallest absolute Gasteiger partial charge is 0.326 e. The first kappa shape index (κ1) is 17.8. The van der Waals surface area contributed by atoms with Gasteiger partial charge >= 0.3 is 5.97 Å². The number of aliphatic carboxylic acids is 1. The van der Waals surface area contributed by atoms with Gasteiger partial charge in [-0.05, 0) is 18.4 Å². The molecule has 0 saturated carbocycles. The van der Waals surface area contributed by atoms with Gasteiger partial charge in [-0.25, -0.2) is 4.79 Å². The maximum absolute atomic E-state index is 11.7. The Morgan fingerprint density at radius 1 is 1.14 bits per heavy atom. The highest BCUT2D eigenvalue weighted by Crippen LogP contribution is 2.06. The van der Waals surface area contributed by atoms with Gasteiger partial charge in [0.05, 0.1) is 6.42 Å². The van der Waals surface area contributed by atoms with E-state index >= 15 is 0 Å². The zero-order valence-electron chi connectivity index (χ0n) is 12.3. The molecule has 0 unspecified atom stereocenters. The van der Waals surface area contributed by atoms with E-state index in [0.717, 1.165) is 12.0 Å². The predicted octanol–water partition coefficient (Wildman–Crippen LogP) is 0.920. The molecule has 0 aliphatic rings. The minimum Gasteiger partial charge on any atom is -0.480 e. The number of Topliss-reactive ketones (excluding diaryl/α,β-unsaturated/α-hetero) is 1. The van der Waals surface area contributed by atoms with E-state index in [4.69, 9.17) is 10.2 Å². The van der Waals surface area contributed by atoms with Crippen LogP contribution in [0, 0.1) is 0 Å². The second kappa shape index (κ2) is 9.68. The van der Waals surface area contributed by atoms with Crippen molar-refractivity contribution in [3.8, 4) is 0 Å². The Morgan fingerprint density at radius 2 is 1.82 bits per heavy atom. The number of rotatable bonds is 10. The normalized spacial score (nSPS) is 11.7. The standard InChI is InChI=1S/C16H21NO5/c18-10-9-14(16(21)22)17-15(20)11-13(19)8-4-7-12-5-2-1-3-6-12/h1-3,5-6,14,18H,4,7-11H2,(H,17,20)(H,21,22)/t14-/m0/s1. The fraction of sp³-hybridized carbons (Fsp3) is 0.438. The lowest BCUT2D eigenvalue weighted by Crippen LogP contribution is -2.42. The summed E-state index contributed by atoms with van der Waals surface area (Å²) in [6.07, 6.45) is 1.28. The first-order valence-electron chi connectivity index (χ1n) is 7.21. The van der Waals surface area contributed by atoms with E-state index < -0.39 is 17.9 Å². The number of amides is 1. The van der Waals surface area contributed by atoms with E-state index in [1.54, 1.807) is 0 Å². The van der Waals surface area contributed by atoms with Gasteiger partial charge in [-0.15, -0.1) is 0 Å². The highest BCUT2D eigenvalue weighted by molar-refractivity contribution is 5.99. The average molecular weight is 307 g/mol. The van der Waals surface area contributed by atoms with Crippen molar-refractivity contribution in [1.29, 1.82) is 0 Å². The van der Waals surface area contributed by atoms with Crippen LogP contribution < -0.4 is 5.32 Å². The van der Waals surface area contributed by atoms with E-state index in [2.05, 4.69) is 5.32 Å². The van der Waals surface area contributed by atoms with Gasteiger partial charge < -0.3 is 15.5 Å². The van der Waals surface area contributed by atoms with E-state index in [9.17, 15) is 14.4 Å². The number of ketones is 1. The molecule has 1 rings (SSSR count). The van der Waals surface area contributed by atoms with Crippen molar-refractivity contribution in [2.24, 2.45) is 0 Å².